The molecule has 0 saturated heterocycles. The number of esters is 1. The molecule has 3 aromatic rings. The van der Waals surface area contributed by atoms with E-state index in [4.69, 9.17) is 21.1 Å². The van der Waals surface area contributed by atoms with Gasteiger partial charge in [-0.25, -0.2) is 4.79 Å². The highest BCUT2D eigenvalue weighted by molar-refractivity contribution is 6.32. The normalized spacial score (nSPS) is 10.3. The van der Waals surface area contributed by atoms with Gasteiger partial charge in [-0.3, -0.25) is 0 Å². The maximum atomic E-state index is 12.3. The number of benzene rings is 3. The fraction of sp³-hybridized carbons (Fsp3) is 0.0952. The minimum atomic E-state index is -0.442. The molecule has 0 saturated carbocycles. The average Bonchev–Trinajstić information content (AvgIpc) is 2.64. The molecule has 3 nitrogen and oxygen atoms in total. The molecule has 0 radical (unpaired) electrons. The lowest BCUT2D eigenvalue weighted by Crippen LogP contribution is -2.09. The molecule has 0 spiro atoms. The summed E-state index contributed by atoms with van der Waals surface area (Å²) in [5.41, 5.74) is 2.40. The summed E-state index contributed by atoms with van der Waals surface area (Å²) >= 11 is 6.06. The topological polar surface area (TPSA) is 35.5 Å². The van der Waals surface area contributed by atoms with Gasteiger partial charge in [0, 0.05) is 0 Å². The number of ether oxygens (including phenoxy) is 2. The molecule has 0 aliphatic carbocycles. The van der Waals surface area contributed by atoms with Gasteiger partial charge in [0.2, 0.25) is 0 Å². The van der Waals surface area contributed by atoms with Crippen molar-refractivity contribution in [3.63, 3.8) is 0 Å². The lowest BCUT2D eigenvalue weighted by molar-refractivity contribution is 0.0735. The summed E-state index contributed by atoms with van der Waals surface area (Å²) in [7, 11) is 0. The highest BCUT2D eigenvalue weighted by atomic mass is 35.5. The molecule has 3 aromatic carbocycles. The smallest absolute Gasteiger partial charge is 0.343 e. The van der Waals surface area contributed by atoms with Gasteiger partial charge in [0.15, 0.2) is 0 Å². The molecule has 3 rings (SSSR count). The second kappa shape index (κ2) is 7.86. The molecule has 0 aliphatic heterocycles. The van der Waals surface area contributed by atoms with E-state index in [0.717, 1.165) is 16.9 Å². The maximum Gasteiger partial charge on any atom is 0.343 e. The Kier molecular flexibility index (Phi) is 5.36. The molecule has 0 fully saturated rings. The first-order valence-corrected chi connectivity index (χ1v) is 8.25. The summed E-state index contributed by atoms with van der Waals surface area (Å²) in [6, 6.07) is 22.0. The summed E-state index contributed by atoms with van der Waals surface area (Å²) < 4.78 is 11.1. The van der Waals surface area contributed by atoms with Crippen molar-refractivity contribution in [1.82, 2.24) is 0 Å². The van der Waals surface area contributed by atoms with Crippen molar-refractivity contribution in [1.29, 1.82) is 0 Å². The lowest BCUT2D eigenvalue weighted by Gasteiger charge is -2.09. The van der Waals surface area contributed by atoms with Crippen LogP contribution in [0.25, 0.3) is 0 Å². The van der Waals surface area contributed by atoms with Crippen molar-refractivity contribution < 1.29 is 14.3 Å². The summed E-state index contributed by atoms with van der Waals surface area (Å²) in [6.45, 7) is 2.35. The standard InChI is InChI=1S/C21H17ClO3/c1-15-7-12-19(22)20(13-15)25-21(23)17-10-8-16(9-11-17)14-24-18-5-3-2-4-6-18/h2-13H,14H2,1H3. The van der Waals surface area contributed by atoms with E-state index in [9.17, 15) is 4.79 Å². The predicted octanol–water partition coefficient (Wildman–Crippen LogP) is 5.45. The van der Waals surface area contributed by atoms with Crippen LogP contribution in [0.5, 0.6) is 11.5 Å². The van der Waals surface area contributed by atoms with Crippen LogP contribution in [-0.2, 0) is 6.61 Å². The molecule has 0 amide bonds. The Morgan fingerprint density at radius 1 is 0.960 bits per heavy atom. The van der Waals surface area contributed by atoms with E-state index in [-0.39, 0.29) is 0 Å². The summed E-state index contributed by atoms with van der Waals surface area (Å²) in [5, 5.41) is 0.409. The van der Waals surface area contributed by atoms with E-state index in [1.54, 1.807) is 24.3 Å². The zero-order valence-corrected chi connectivity index (χ0v) is 14.5. The van der Waals surface area contributed by atoms with Crippen molar-refractivity contribution in [3.05, 3.63) is 94.5 Å². The summed E-state index contributed by atoms with van der Waals surface area (Å²) in [4.78, 5) is 12.3. The Bertz CT molecular complexity index is 858. The molecule has 0 bridgehead atoms. The number of hydrogen-bond donors (Lipinski definition) is 0. The van der Waals surface area contributed by atoms with Crippen LogP contribution < -0.4 is 9.47 Å². The van der Waals surface area contributed by atoms with E-state index in [1.807, 2.05) is 55.5 Å². The highest BCUT2D eigenvalue weighted by Gasteiger charge is 2.11. The maximum absolute atomic E-state index is 12.3. The molecule has 0 aliphatic rings. The van der Waals surface area contributed by atoms with Gasteiger partial charge in [0.1, 0.15) is 18.1 Å². The Morgan fingerprint density at radius 3 is 2.40 bits per heavy atom. The molecule has 0 heterocycles. The largest absolute Gasteiger partial charge is 0.489 e. The molecule has 4 heteroatoms. The number of hydrogen-bond acceptors (Lipinski definition) is 3. The SMILES string of the molecule is Cc1ccc(Cl)c(OC(=O)c2ccc(COc3ccccc3)cc2)c1. The molecular formula is C21H17ClO3. The molecule has 0 N–H and O–H groups in total. The second-order valence-electron chi connectivity index (χ2n) is 5.62. The van der Waals surface area contributed by atoms with Crippen LogP contribution in [0.4, 0.5) is 0 Å². The van der Waals surface area contributed by atoms with Crippen molar-refractivity contribution in [2.24, 2.45) is 0 Å². The van der Waals surface area contributed by atoms with Gasteiger partial charge in [0.05, 0.1) is 10.6 Å². The number of halogens is 1. The number of aryl methyl sites for hydroxylation is 1. The van der Waals surface area contributed by atoms with Gasteiger partial charge in [-0.2, -0.15) is 0 Å². The molecular weight excluding hydrogens is 336 g/mol. The third-order valence-corrected chi connectivity index (χ3v) is 3.94. The van der Waals surface area contributed by atoms with E-state index in [2.05, 4.69) is 0 Å². The molecule has 0 unspecified atom stereocenters. The van der Waals surface area contributed by atoms with E-state index >= 15 is 0 Å². The van der Waals surface area contributed by atoms with Gasteiger partial charge >= 0.3 is 5.97 Å². The Balaban J connectivity index is 1.63. The minimum absolute atomic E-state index is 0.364. The van der Waals surface area contributed by atoms with E-state index in [1.165, 1.54) is 0 Å². The van der Waals surface area contributed by atoms with Crippen LogP contribution in [0.3, 0.4) is 0 Å². The van der Waals surface area contributed by atoms with Gasteiger partial charge in [-0.15, -0.1) is 0 Å². The van der Waals surface area contributed by atoms with Gasteiger partial charge in [0.25, 0.3) is 0 Å². The number of rotatable bonds is 5. The first kappa shape index (κ1) is 17.1. The first-order valence-electron chi connectivity index (χ1n) is 7.87. The van der Waals surface area contributed by atoms with Crippen LogP contribution in [0.15, 0.2) is 72.8 Å². The van der Waals surface area contributed by atoms with Gasteiger partial charge in [-0.1, -0.05) is 48.0 Å². The average molecular weight is 353 g/mol. The van der Waals surface area contributed by atoms with Crippen LogP contribution in [0.1, 0.15) is 21.5 Å². The lowest BCUT2D eigenvalue weighted by atomic mass is 10.1. The van der Waals surface area contributed by atoms with E-state index in [0.29, 0.717) is 22.9 Å². The fourth-order valence-electron chi connectivity index (χ4n) is 2.27. The van der Waals surface area contributed by atoms with E-state index < -0.39 is 5.97 Å². The zero-order valence-electron chi connectivity index (χ0n) is 13.7. The molecule has 0 atom stereocenters. The van der Waals surface area contributed by atoms with Crippen molar-refractivity contribution in [2.45, 2.75) is 13.5 Å². The Hall–Kier alpha value is -2.78. The van der Waals surface area contributed by atoms with Gasteiger partial charge in [-0.05, 0) is 54.4 Å². The molecule has 25 heavy (non-hydrogen) atoms. The number of carbonyl (C=O) groups excluding carboxylic acids is 1. The van der Waals surface area contributed by atoms with Crippen molar-refractivity contribution >= 4 is 17.6 Å². The van der Waals surface area contributed by atoms with Crippen LogP contribution in [0, 0.1) is 6.92 Å². The zero-order chi connectivity index (χ0) is 17.6. The number of para-hydroxylation sites is 1. The Morgan fingerprint density at radius 2 is 1.68 bits per heavy atom. The minimum Gasteiger partial charge on any atom is -0.489 e. The third kappa shape index (κ3) is 4.61. The van der Waals surface area contributed by atoms with Crippen molar-refractivity contribution in [3.8, 4) is 11.5 Å². The summed E-state index contributed by atoms with van der Waals surface area (Å²) in [5.74, 6) is 0.728. The fourth-order valence-corrected chi connectivity index (χ4v) is 2.42. The van der Waals surface area contributed by atoms with Crippen molar-refractivity contribution in [2.75, 3.05) is 0 Å². The molecule has 126 valence electrons. The third-order valence-electron chi connectivity index (χ3n) is 3.63. The Labute approximate surface area is 151 Å². The molecule has 0 aromatic heterocycles. The predicted molar refractivity (Wildman–Crippen MR) is 98.4 cm³/mol. The van der Waals surface area contributed by atoms with Crippen LogP contribution >= 0.6 is 11.6 Å². The van der Waals surface area contributed by atoms with Crippen LogP contribution in [-0.4, -0.2) is 5.97 Å². The monoisotopic (exact) mass is 352 g/mol. The first-order chi connectivity index (χ1) is 12.1. The summed E-state index contributed by atoms with van der Waals surface area (Å²) in [6.07, 6.45) is 0. The number of carbonyl (C=O) groups is 1. The quantitative estimate of drug-likeness (QED) is 0.452. The second-order valence-corrected chi connectivity index (χ2v) is 6.03. The van der Waals surface area contributed by atoms with Crippen LogP contribution in [0.2, 0.25) is 5.02 Å². The van der Waals surface area contributed by atoms with Gasteiger partial charge < -0.3 is 9.47 Å². The highest BCUT2D eigenvalue weighted by Crippen LogP contribution is 2.26.